The molecule has 1 atom stereocenters. The molecule has 0 bridgehead atoms. The SMILES string of the molecule is CNc1ccc(CC2CCOC2)cc1. The van der Waals surface area contributed by atoms with E-state index in [1.54, 1.807) is 0 Å². The Morgan fingerprint density at radius 1 is 1.36 bits per heavy atom. The number of nitrogens with one attached hydrogen (secondary N) is 1. The Labute approximate surface area is 85.3 Å². The summed E-state index contributed by atoms with van der Waals surface area (Å²) in [6.45, 7) is 1.88. The van der Waals surface area contributed by atoms with Gasteiger partial charge in [-0.15, -0.1) is 0 Å². The first-order chi connectivity index (χ1) is 6.88. The van der Waals surface area contributed by atoms with Gasteiger partial charge in [-0.05, 0) is 36.5 Å². The summed E-state index contributed by atoms with van der Waals surface area (Å²) in [6.07, 6.45) is 2.37. The van der Waals surface area contributed by atoms with Crippen LogP contribution in [0.2, 0.25) is 0 Å². The number of hydrogen-bond acceptors (Lipinski definition) is 2. The van der Waals surface area contributed by atoms with Gasteiger partial charge in [0.1, 0.15) is 0 Å². The van der Waals surface area contributed by atoms with E-state index in [0.717, 1.165) is 25.6 Å². The molecule has 1 unspecified atom stereocenters. The molecule has 2 rings (SSSR count). The van der Waals surface area contributed by atoms with Crippen LogP contribution in [0.3, 0.4) is 0 Å². The summed E-state index contributed by atoms with van der Waals surface area (Å²) in [7, 11) is 1.94. The molecule has 2 nitrogen and oxygen atoms in total. The molecule has 1 aromatic carbocycles. The summed E-state index contributed by atoms with van der Waals surface area (Å²) in [5, 5.41) is 3.12. The lowest BCUT2D eigenvalue weighted by molar-refractivity contribution is 0.186. The van der Waals surface area contributed by atoms with Crippen molar-refractivity contribution in [3.63, 3.8) is 0 Å². The van der Waals surface area contributed by atoms with Gasteiger partial charge < -0.3 is 10.1 Å². The minimum atomic E-state index is 0.732. The second-order valence-electron chi connectivity index (χ2n) is 3.88. The van der Waals surface area contributed by atoms with Crippen LogP contribution in [0.1, 0.15) is 12.0 Å². The molecule has 0 amide bonds. The molecule has 1 aliphatic heterocycles. The average molecular weight is 191 g/mol. The monoisotopic (exact) mass is 191 g/mol. The standard InChI is InChI=1S/C12H17NO/c1-13-12-4-2-10(3-5-12)8-11-6-7-14-9-11/h2-5,11,13H,6-9H2,1H3. The van der Waals surface area contributed by atoms with Gasteiger partial charge in [0.2, 0.25) is 0 Å². The van der Waals surface area contributed by atoms with Crippen molar-refractivity contribution in [1.29, 1.82) is 0 Å². The van der Waals surface area contributed by atoms with Gasteiger partial charge in [-0.2, -0.15) is 0 Å². The largest absolute Gasteiger partial charge is 0.388 e. The van der Waals surface area contributed by atoms with Crippen molar-refractivity contribution in [2.75, 3.05) is 25.6 Å². The lowest BCUT2D eigenvalue weighted by atomic mass is 9.99. The van der Waals surface area contributed by atoms with Crippen LogP contribution < -0.4 is 5.32 Å². The first kappa shape index (κ1) is 9.53. The van der Waals surface area contributed by atoms with Crippen LogP contribution in [0.25, 0.3) is 0 Å². The highest BCUT2D eigenvalue weighted by Crippen LogP contribution is 2.19. The van der Waals surface area contributed by atoms with Gasteiger partial charge in [0.05, 0.1) is 0 Å². The summed E-state index contributed by atoms with van der Waals surface area (Å²) < 4.78 is 5.36. The van der Waals surface area contributed by atoms with Gasteiger partial charge in [-0.1, -0.05) is 12.1 Å². The summed E-state index contributed by atoms with van der Waals surface area (Å²) in [6, 6.07) is 8.66. The highest BCUT2D eigenvalue weighted by atomic mass is 16.5. The lowest BCUT2D eigenvalue weighted by Gasteiger charge is -2.08. The third-order valence-electron chi connectivity index (χ3n) is 2.79. The molecular formula is C12H17NO. The van der Waals surface area contributed by atoms with Gasteiger partial charge >= 0.3 is 0 Å². The van der Waals surface area contributed by atoms with Crippen molar-refractivity contribution >= 4 is 5.69 Å². The van der Waals surface area contributed by atoms with Crippen LogP contribution in [0.15, 0.2) is 24.3 Å². The highest BCUT2D eigenvalue weighted by Gasteiger charge is 2.15. The second-order valence-corrected chi connectivity index (χ2v) is 3.88. The van der Waals surface area contributed by atoms with Crippen LogP contribution in [0, 0.1) is 5.92 Å². The van der Waals surface area contributed by atoms with E-state index in [-0.39, 0.29) is 0 Å². The lowest BCUT2D eigenvalue weighted by Crippen LogP contribution is -2.03. The smallest absolute Gasteiger partial charge is 0.0498 e. The molecule has 0 saturated carbocycles. The van der Waals surface area contributed by atoms with Crippen LogP contribution in [-0.4, -0.2) is 20.3 Å². The van der Waals surface area contributed by atoms with E-state index < -0.39 is 0 Å². The van der Waals surface area contributed by atoms with Crippen LogP contribution in [0.5, 0.6) is 0 Å². The van der Waals surface area contributed by atoms with Crippen molar-refractivity contribution in [3.8, 4) is 0 Å². The molecule has 2 heteroatoms. The Morgan fingerprint density at radius 3 is 2.71 bits per heavy atom. The molecule has 0 aromatic heterocycles. The van der Waals surface area contributed by atoms with E-state index in [1.165, 1.54) is 17.7 Å². The zero-order chi connectivity index (χ0) is 9.80. The van der Waals surface area contributed by atoms with Crippen LogP contribution in [0.4, 0.5) is 5.69 Å². The number of anilines is 1. The zero-order valence-electron chi connectivity index (χ0n) is 8.62. The predicted octanol–water partition coefficient (Wildman–Crippen LogP) is 2.31. The highest BCUT2D eigenvalue weighted by molar-refractivity contribution is 5.43. The topological polar surface area (TPSA) is 21.3 Å². The fraction of sp³-hybridized carbons (Fsp3) is 0.500. The Balaban J connectivity index is 1.95. The van der Waals surface area contributed by atoms with Gasteiger partial charge in [-0.25, -0.2) is 0 Å². The summed E-state index contributed by atoms with van der Waals surface area (Å²) in [5.41, 5.74) is 2.59. The Bertz CT molecular complexity index is 275. The Hall–Kier alpha value is -1.02. The Kier molecular flexibility index (Phi) is 3.04. The maximum Gasteiger partial charge on any atom is 0.0498 e. The van der Waals surface area contributed by atoms with E-state index in [2.05, 4.69) is 29.6 Å². The fourth-order valence-corrected chi connectivity index (χ4v) is 1.89. The number of benzene rings is 1. The summed E-state index contributed by atoms with van der Waals surface area (Å²) in [5.74, 6) is 0.732. The molecule has 0 aliphatic carbocycles. The molecule has 0 spiro atoms. The molecule has 1 heterocycles. The third kappa shape index (κ3) is 2.26. The van der Waals surface area contributed by atoms with Crippen molar-refractivity contribution in [2.45, 2.75) is 12.8 Å². The van der Waals surface area contributed by atoms with Crippen molar-refractivity contribution in [1.82, 2.24) is 0 Å². The average Bonchev–Trinajstić information content (AvgIpc) is 2.72. The molecule has 1 fully saturated rings. The fourth-order valence-electron chi connectivity index (χ4n) is 1.89. The molecule has 76 valence electrons. The van der Waals surface area contributed by atoms with Crippen molar-refractivity contribution in [2.24, 2.45) is 5.92 Å². The molecule has 14 heavy (non-hydrogen) atoms. The van der Waals surface area contributed by atoms with E-state index in [4.69, 9.17) is 4.74 Å². The molecule has 1 aromatic rings. The predicted molar refractivity (Wildman–Crippen MR) is 58.6 cm³/mol. The quantitative estimate of drug-likeness (QED) is 0.791. The zero-order valence-corrected chi connectivity index (χ0v) is 8.62. The van der Waals surface area contributed by atoms with Gasteiger partial charge in [0.15, 0.2) is 0 Å². The van der Waals surface area contributed by atoms with E-state index in [9.17, 15) is 0 Å². The molecule has 0 radical (unpaired) electrons. The summed E-state index contributed by atoms with van der Waals surface area (Å²) in [4.78, 5) is 0. The van der Waals surface area contributed by atoms with Crippen LogP contribution >= 0.6 is 0 Å². The third-order valence-corrected chi connectivity index (χ3v) is 2.79. The van der Waals surface area contributed by atoms with Gasteiger partial charge in [0.25, 0.3) is 0 Å². The van der Waals surface area contributed by atoms with Crippen molar-refractivity contribution in [3.05, 3.63) is 29.8 Å². The van der Waals surface area contributed by atoms with E-state index in [0.29, 0.717) is 0 Å². The minimum Gasteiger partial charge on any atom is -0.388 e. The van der Waals surface area contributed by atoms with Crippen molar-refractivity contribution < 1.29 is 4.74 Å². The normalized spacial score (nSPS) is 21.1. The molecule has 1 saturated heterocycles. The number of hydrogen-bond donors (Lipinski definition) is 1. The second kappa shape index (κ2) is 4.47. The molecule has 1 N–H and O–H groups in total. The Morgan fingerprint density at radius 2 is 2.14 bits per heavy atom. The van der Waals surface area contributed by atoms with E-state index in [1.807, 2.05) is 7.05 Å². The first-order valence-corrected chi connectivity index (χ1v) is 5.23. The minimum absolute atomic E-state index is 0.732. The van der Waals surface area contributed by atoms with E-state index >= 15 is 0 Å². The molecular weight excluding hydrogens is 174 g/mol. The van der Waals surface area contributed by atoms with Gasteiger partial charge in [0, 0.05) is 25.9 Å². The maximum absolute atomic E-state index is 5.36. The summed E-state index contributed by atoms with van der Waals surface area (Å²) >= 11 is 0. The first-order valence-electron chi connectivity index (χ1n) is 5.23. The molecule has 1 aliphatic rings. The number of rotatable bonds is 3. The van der Waals surface area contributed by atoms with Crippen LogP contribution in [-0.2, 0) is 11.2 Å². The number of ether oxygens (including phenoxy) is 1. The maximum atomic E-state index is 5.36. The van der Waals surface area contributed by atoms with Gasteiger partial charge in [-0.3, -0.25) is 0 Å².